The molecule has 1 saturated carbocycles. The number of rotatable bonds is 5. The second-order valence-electron chi connectivity index (χ2n) is 6.73. The summed E-state index contributed by atoms with van der Waals surface area (Å²) in [5.41, 5.74) is -1.80. The zero-order chi connectivity index (χ0) is 21.6. The molecule has 4 rings (SSSR count). The van der Waals surface area contributed by atoms with Gasteiger partial charge in [-0.05, 0) is 31.0 Å². The third-order valence-corrected chi connectivity index (χ3v) is 4.62. The third kappa shape index (κ3) is 3.63. The lowest BCUT2D eigenvalue weighted by Gasteiger charge is -2.10. The molecular weight excluding hydrogens is 407 g/mol. The van der Waals surface area contributed by atoms with Gasteiger partial charge in [0.05, 0.1) is 18.1 Å². The Morgan fingerprint density at radius 1 is 1.30 bits per heavy atom. The molecule has 0 spiro atoms. The van der Waals surface area contributed by atoms with Crippen molar-refractivity contribution in [1.29, 1.82) is 0 Å². The highest BCUT2D eigenvalue weighted by Crippen LogP contribution is 2.41. The summed E-state index contributed by atoms with van der Waals surface area (Å²) in [5, 5.41) is 17.3. The average Bonchev–Trinajstić information content (AvgIpc) is 3.45. The Morgan fingerprint density at radius 2 is 2.03 bits per heavy atom. The quantitative estimate of drug-likeness (QED) is 0.496. The van der Waals surface area contributed by atoms with Crippen molar-refractivity contribution in [3.05, 3.63) is 57.5 Å². The third-order valence-electron chi connectivity index (χ3n) is 4.62. The molecule has 1 aliphatic rings. The number of fused-ring (bicyclic) bond motifs is 1. The minimum absolute atomic E-state index is 0.0368. The number of anilines is 1. The van der Waals surface area contributed by atoms with Crippen molar-refractivity contribution in [3.63, 3.8) is 0 Å². The number of carbonyl (C=O) groups excluding carboxylic acids is 1. The topological polar surface area (TPSA) is 112 Å². The summed E-state index contributed by atoms with van der Waals surface area (Å²) >= 11 is 0. The molecule has 30 heavy (non-hydrogen) atoms. The Hall–Kier alpha value is -3.70. The molecule has 0 unspecified atom stereocenters. The van der Waals surface area contributed by atoms with Crippen molar-refractivity contribution in [1.82, 2.24) is 14.6 Å². The van der Waals surface area contributed by atoms with Gasteiger partial charge in [0.15, 0.2) is 11.3 Å². The van der Waals surface area contributed by atoms with E-state index in [-0.39, 0.29) is 28.7 Å². The summed E-state index contributed by atoms with van der Waals surface area (Å²) in [4.78, 5) is 27.3. The first-order valence-electron chi connectivity index (χ1n) is 8.79. The lowest BCUT2D eigenvalue weighted by molar-refractivity contribution is -0.384. The van der Waals surface area contributed by atoms with Crippen molar-refractivity contribution < 1.29 is 27.6 Å². The van der Waals surface area contributed by atoms with E-state index in [1.807, 2.05) is 0 Å². The summed E-state index contributed by atoms with van der Waals surface area (Å²) < 4.78 is 45.9. The van der Waals surface area contributed by atoms with E-state index in [1.54, 1.807) is 0 Å². The van der Waals surface area contributed by atoms with Gasteiger partial charge in [-0.2, -0.15) is 18.3 Å². The molecule has 0 aliphatic heterocycles. The number of carbonyl (C=O) groups is 1. The van der Waals surface area contributed by atoms with Gasteiger partial charge in [-0.15, -0.1) is 0 Å². The van der Waals surface area contributed by atoms with Crippen LogP contribution in [0, 0.1) is 10.1 Å². The van der Waals surface area contributed by atoms with Crippen LogP contribution in [0.5, 0.6) is 5.75 Å². The fraction of sp³-hybridized carbons (Fsp3) is 0.278. The van der Waals surface area contributed by atoms with Crippen LogP contribution >= 0.6 is 0 Å². The van der Waals surface area contributed by atoms with E-state index in [9.17, 15) is 28.1 Å². The Kier molecular flexibility index (Phi) is 4.56. The normalized spacial score (nSPS) is 14.0. The molecule has 0 radical (unpaired) electrons. The van der Waals surface area contributed by atoms with Crippen LogP contribution in [-0.2, 0) is 6.18 Å². The first kappa shape index (κ1) is 19.6. The molecule has 2 heterocycles. The number of ether oxygens (including phenoxy) is 1. The maximum atomic E-state index is 13.5. The van der Waals surface area contributed by atoms with Gasteiger partial charge >= 0.3 is 6.18 Å². The van der Waals surface area contributed by atoms with Gasteiger partial charge in [-0.3, -0.25) is 14.9 Å². The van der Waals surface area contributed by atoms with Crippen LogP contribution < -0.4 is 10.1 Å². The largest absolute Gasteiger partial charge is 0.496 e. The highest BCUT2D eigenvalue weighted by atomic mass is 19.4. The van der Waals surface area contributed by atoms with E-state index < -0.39 is 28.4 Å². The van der Waals surface area contributed by atoms with Crippen molar-refractivity contribution in [2.75, 3.05) is 12.4 Å². The predicted octanol–water partition coefficient (Wildman–Crippen LogP) is 3.79. The maximum absolute atomic E-state index is 13.5. The number of amides is 1. The standard InChI is InChI=1S/C18H14F3N5O4/c1-30-10-4-5-11(14(6-10)26(28)29)23-17(27)13-8-16-22-12(9-2-3-9)7-15(18(19,20)21)25(16)24-13/h4-9H,2-3H2,1H3,(H,23,27). The molecule has 1 aromatic carbocycles. The smallest absolute Gasteiger partial charge is 0.433 e. The summed E-state index contributed by atoms with van der Waals surface area (Å²) in [6, 6.07) is 5.83. The molecule has 1 amide bonds. The van der Waals surface area contributed by atoms with Crippen LogP contribution in [0.25, 0.3) is 5.65 Å². The highest BCUT2D eigenvalue weighted by molar-refractivity contribution is 6.04. The van der Waals surface area contributed by atoms with Crippen LogP contribution in [-0.4, -0.2) is 32.5 Å². The monoisotopic (exact) mass is 421 g/mol. The minimum atomic E-state index is -4.70. The van der Waals surface area contributed by atoms with E-state index in [0.717, 1.165) is 31.0 Å². The zero-order valence-electron chi connectivity index (χ0n) is 15.4. The van der Waals surface area contributed by atoms with Crippen LogP contribution in [0.4, 0.5) is 24.5 Å². The molecule has 9 nitrogen and oxygen atoms in total. The number of halogens is 3. The van der Waals surface area contributed by atoms with Gasteiger partial charge in [-0.25, -0.2) is 9.50 Å². The molecule has 2 aromatic heterocycles. The van der Waals surface area contributed by atoms with E-state index >= 15 is 0 Å². The second-order valence-corrected chi connectivity index (χ2v) is 6.73. The van der Waals surface area contributed by atoms with Gasteiger partial charge in [-0.1, -0.05) is 0 Å². The van der Waals surface area contributed by atoms with Crippen LogP contribution in [0.15, 0.2) is 30.3 Å². The number of nitro benzene ring substituents is 1. The number of hydrogen-bond acceptors (Lipinski definition) is 6. The molecule has 156 valence electrons. The van der Waals surface area contributed by atoms with Gasteiger partial charge in [0, 0.05) is 17.7 Å². The fourth-order valence-electron chi connectivity index (χ4n) is 2.98. The highest BCUT2D eigenvalue weighted by Gasteiger charge is 2.37. The number of alkyl halides is 3. The average molecular weight is 421 g/mol. The summed E-state index contributed by atoms with van der Waals surface area (Å²) in [5.74, 6) is -0.737. The number of methoxy groups -OCH3 is 1. The Bertz CT molecular complexity index is 1170. The number of aromatic nitrogens is 3. The first-order chi connectivity index (χ1) is 14.2. The van der Waals surface area contributed by atoms with Crippen LogP contribution in [0.1, 0.15) is 40.6 Å². The predicted molar refractivity (Wildman–Crippen MR) is 97.6 cm³/mol. The summed E-state index contributed by atoms with van der Waals surface area (Å²) in [6.07, 6.45) is -3.19. The summed E-state index contributed by atoms with van der Waals surface area (Å²) in [6.45, 7) is 0. The van der Waals surface area contributed by atoms with E-state index in [0.29, 0.717) is 10.2 Å². The molecule has 0 saturated heterocycles. The Balaban J connectivity index is 1.72. The lowest BCUT2D eigenvalue weighted by Crippen LogP contribution is -2.16. The molecule has 1 N–H and O–H groups in total. The van der Waals surface area contributed by atoms with Crippen molar-refractivity contribution in [2.24, 2.45) is 0 Å². The molecule has 3 aromatic rings. The number of nitro groups is 1. The zero-order valence-corrected chi connectivity index (χ0v) is 15.4. The van der Waals surface area contributed by atoms with Crippen LogP contribution in [0.2, 0.25) is 0 Å². The lowest BCUT2D eigenvalue weighted by atomic mass is 10.2. The van der Waals surface area contributed by atoms with Crippen molar-refractivity contribution >= 4 is 22.9 Å². The second kappa shape index (κ2) is 6.97. The molecular formula is C18H14F3N5O4. The van der Waals surface area contributed by atoms with E-state index in [4.69, 9.17) is 4.74 Å². The number of benzene rings is 1. The molecule has 1 fully saturated rings. The Labute approximate surface area is 166 Å². The van der Waals surface area contributed by atoms with Gasteiger partial charge in [0.1, 0.15) is 17.1 Å². The number of hydrogen-bond donors (Lipinski definition) is 1. The maximum Gasteiger partial charge on any atom is 0.433 e. The van der Waals surface area contributed by atoms with Gasteiger partial charge in [0.2, 0.25) is 0 Å². The Morgan fingerprint density at radius 3 is 2.63 bits per heavy atom. The van der Waals surface area contributed by atoms with Gasteiger partial charge in [0.25, 0.3) is 11.6 Å². The number of nitrogens with zero attached hydrogens (tertiary/aromatic N) is 4. The summed E-state index contributed by atoms with van der Waals surface area (Å²) in [7, 11) is 1.33. The molecule has 12 heteroatoms. The van der Waals surface area contributed by atoms with Gasteiger partial charge < -0.3 is 10.1 Å². The first-order valence-corrected chi connectivity index (χ1v) is 8.79. The van der Waals surface area contributed by atoms with Crippen molar-refractivity contribution in [2.45, 2.75) is 24.9 Å². The van der Waals surface area contributed by atoms with Crippen LogP contribution in [0.3, 0.4) is 0 Å². The number of nitrogens with one attached hydrogen (secondary N) is 1. The van der Waals surface area contributed by atoms with Crippen molar-refractivity contribution in [3.8, 4) is 5.75 Å². The molecule has 1 aliphatic carbocycles. The van der Waals surface area contributed by atoms with E-state index in [2.05, 4.69) is 15.4 Å². The minimum Gasteiger partial charge on any atom is -0.496 e. The SMILES string of the molecule is COc1ccc(NC(=O)c2cc3nc(C4CC4)cc(C(F)(F)F)n3n2)c([N+](=O)[O-])c1. The molecule has 0 atom stereocenters. The fourth-order valence-corrected chi connectivity index (χ4v) is 2.98. The van der Waals surface area contributed by atoms with E-state index in [1.165, 1.54) is 19.2 Å². The molecule has 0 bridgehead atoms.